The Labute approximate surface area is 278 Å². The summed E-state index contributed by atoms with van der Waals surface area (Å²) in [6.07, 6.45) is 2.30. The van der Waals surface area contributed by atoms with Crippen molar-refractivity contribution in [2.45, 2.75) is 51.3 Å². The van der Waals surface area contributed by atoms with E-state index in [1.165, 1.54) is 50.1 Å². The lowest BCUT2D eigenvalue weighted by atomic mass is 9.92. The lowest BCUT2D eigenvalue weighted by Gasteiger charge is -2.13. The molecule has 0 amide bonds. The summed E-state index contributed by atoms with van der Waals surface area (Å²) < 4.78 is 5.41. The van der Waals surface area contributed by atoms with Crippen LogP contribution in [0.15, 0.2) is 126 Å². The van der Waals surface area contributed by atoms with Crippen molar-refractivity contribution in [3.63, 3.8) is 0 Å². The molecule has 0 aromatic heterocycles. The van der Waals surface area contributed by atoms with Crippen LogP contribution in [0, 0.1) is 6.92 Å². The third-order valence-corrected chi connectivity index (χ3v) is 9.12. The molecule has 5 aromatic carbocycles. The van der Waals surface area contributed by atoms with Crippen molar-refractivity contribution in [2.24, 2.45) is 0 Å². The van der Waals surface area contributed by atoms with Gasteiger partial charge in [-0.2, -0.15) is 0 Å². The summed E-state index contributed by atoms with van der Waals surface area (Å²) in [5.74, 6) is 1.37. The van der Waals surface area contributed by atoms with Crippen LogP contribution >= 0.6 is 11.8 Å². The Morgan fingerprint density at radius 2 is 1.22 bits per heavy atom. The molecule has 0 bridgehead atoms. The SMILES string of the molecule is Cc1cc(SCC=C(c2ccc(-c3cccc(C(C)C)c3)cc2)c2ccc(-c3cccc(C(C)C)c3)cc2)ccc1OCC(=O)O. The summed E-state index contributed by atoms with van der Waals surface area (Å²) in [5, 5.41) is 8.95. The molecule has 0 aliphatic heterocycles. The van der Waals surface area contributed by atoms with Crippen LogP contribution in [0.2, 0.25) is 0 Å². The van der Waals surface area contributed by atoms with Gasteiger partial charge < -0.3 is 9.84 Å². The van der Waals surface area contributed by atoms with Crippen LogP contribution in [0.5, 0.6) is 5.75 Å². The van der Waals surface area contributed by atoms with Crippen LogP contribution in [0.4, 0.5) is 0 Å². The van der Waals surface area contributed by atoms with Gasteiger partial charge in [0.2, 0.25) is 0 Å². The quantitative estimate of drug-likeness (QED) is 0.140. The fourth-order valence-corrected chi connectivity index (χ4v) is 6.34. The Morgan fingerprint density at radius 1 is 0.696 bits per heavy atom. The zero-order chi connectivity index (χ0) is 32.6. The Morgan fingerprint density at radius 3 is 1.67 bits per heavy atom. The first-order valence-corrected chi connectivity index (χ1v) is 16.9. The van der Waals surface area contributed by atoms with Gasteiger partial charge in [0, 0.05) is 10.6 Å². The van der Waals surface area contributed by atoms with E-state index >= 15 is 0 Å². The molecule has 0 fully saturated rings. The molecule has 1 N–H and O–H groups in total. The van der Waals surface area contributed by atoms with Gasteiger partial charge in [-0.1, -0.05) is 131 Å². The first-order valence-electron chi connectivity index (χ1n) is 15.9. The Kier molecular flexibility index (Phi) is 10.8. The minimum absolute atomic E-state index is 0.344. The van der Waals surface area contributed by atoms with Gasteiger partial charge in [-0.3, -0.25) is 0 Å². The minimum Gasteiger partial charge on any atom is -0.482 e. The maximum absolute atomic E-state index is 10.9. The monoisotopic (exact) mass is 626 g/mol. The number of aryl methyl sites for hydroxylation is 1. The molecule has 0 aliphatic carbocycles. The van der Waals surface area contributed by atoms with Crippen molar-refractivity contribution in [2.75, 3.05) is 12.4 Å². The van der Waals surface area contributed by atoms with Gasteiger partial charge in [-0.05, 0) is 92.6 Å². The molecule has 0 heterocycles. The number of benzene rings is 5. The van der Waals surface area contributed by atoms with Crippen LogP contribution in [0.3, 0.4) is 0 Å². The van der Waals surface area contributed by atoms with Gasteiger partial charge in [0.05, 0.1) is 0 Å². The standard InChI is InChI=1S/C42H42O3S/c1-28(2)35-8-6-10-37(25-35)31-12-16-33(17-13-31)40(22-23-46-39-20-21-41(30(5)24-39)45-27-42(43)44)34-18-14-32(15-19-34)38-11-7-9-36(26-38)29(3)4/h6-22,24-26,28-29H,23,27H2,1-5H3,(H,43,44). The molecular weight excluding hydrogens is 585 g/mol. The second-order valence-electron chi connectivity index (χ2n) is 12.3. The average Bonchev–Trinajstić information content (AvgIpc) is 3.06. The molecule has 0 spiro atoms. The zero-order valence-corrected chi connectivity index (χ0v) is 28.1. The lowest BCUT2D eigenvalue weighted by molar-refractivity contribution is -0.139. The number of rotatable bonds is 12. The van der Waals surface area contributed by atoms with Crippen molar-refractivity contribution >= 4 is 23.3 Å². The van der Waals surface area contributed by atoms with Gasteiger partial charge in [0.1, 0.15) is 5.75 Å². The Balaban J connectivity index is 1.43. The summed E-state index contributed by atoms with van der Waals surface area (Å²) >= 11 is 1.75. The first-order chi connectivity index (χ1) is 22.2. The topological polar surface area (TPSA) is 46.5 Å². The zero-order valence-electron chi connectivity index (χ0n) is 27.3. The molecule has 0 aliphatic rings. The second-order valence-corrected chi connectivity index (χ2v) is 13.3. The van der Waals surface area contributed by atoms with E-state index in [2.05, 4.69) is 137 Å². The fraction of sp³-hybridized carbons (Fsp3) is 0.214. The Bertz CT molecular complexity index is 1720. The highest BCUT2D eigenvalue weighted by Gasteiger charge is 2.10. The maximum Gasteiger partial charge on any atom is 0.341 e. The summed E-state index contributed by atoms with van der Waals surface area (Å²) in [6, 6.07) is 41.3. The number of ether oxygens (including phenoxy) is 1. The predicted molar refractivity (Wildman–Crippen MR) is 194 cm³/mol. The second kappa shape index (κ2) is 15.2. The van der Waals surface area contributed by atoms with E-state index in [0.29, 0.717) is 17.6 Å². The molecule has 0 atom stereocenters. The molecule has 5 rings (SSSR count). The van der Waals surface area contributed by atoms with Gasteiger partial charge in [0.25, 0.3) is 0 Å². The number of carbonyl (C=O) groups is 1. The van der Waals surface area contributed by atoms with Crippen molar-refractivity contribution < 1.29 is 14.6 Å². The number of carboxylic acid groups (broad SMARTS) is 1. The number of aliphatic carboxylic acids is 1. The molecule has 234 valence electrons. The summed E-state index contributed by atoms with van der Waals surface area (Å²) in [5.41, 5.74) is 12.0. The highest BCUT2D eigenvalue weighted by atomic mass is 32.2. The molecule has 4 heteroatoms. The van der Waals surface area contributed by atoms with Gasteiger partial charge in [-0.15, -0.1) is 11.8 Å². The van der Waals surface area contributed by atoms with Crippen LogP contribution in [-0.2, 0) is 4.79 Å². The van der Waals surface area contributed by atoms with Crippen LogP contribution in [0.25, 0.3) is 27.8 Å². The first kappa shape index (κ1) is 32.8. The Hall–Kier alpha value is -4.54. The van der Waals surface area contributed by atoms with E-state index in [-0.39, 0.29) is 6.61 Å². The van der Waals surface area contributed by atoms with Crippen molar-refractivity contribution in [1.82, 2.24) is 0 Å². The average molecular weight is 627 g/mol. The summed E-state index contributed by atoms with van der Waals surface area (Å²) in [6.45, 7) is 10.5. The number of hydrogen-bond acceptors (Lipinski definition) is 3. The van der Waals surface area contributed by atoms with E-state index in [1.54, 1.807) is 11.8 Å². The molecule has 0 saturated carbocycles. The van der Waals surface area contributed by atoms with Crippen molar-refractivity contribution in [3.8, 4) is 28.0 Å². The van der Waals surface area contributed by atoms with Crippen LogP contribution in [0.1, 0.15) is 67.3 Å². The van der Waals surface area contributed by atoms with E-state index in [1.807, 2.05) is 19.1 Å². The van der Waals surface area contributed by atoms with E-state index in [4.69, 9.17) is 9.84 Å². The third-order valence-electron chi connectivity index (χ3n) is 8.20. The van der Waals surface area contributed by atoms with Gasteiger partial charge in [-0.25, -0.2) is 4.79 Å². The number of hydrogen-bond donors (Lipinski definition) is 1. The van der Waals surface area contributed by atoms with E-state index in [9.17, 15) is 4.79 Å². The van der Waals surface area contributed by atoms with E-state index in [0.717, 1.165) is 16.2 Å². The number of thioether (sulfide) groups is 1. The molecule has 0 unspecified atom stereocenters. The molecule has 5 aromatic rings. The third kappa shape index (κ3) is 8.38. The van der Waals surface area contributed by atoms with Crippen LogP contribution in [-0.4, -0.2) is 23.4 Å². The maximum atomic E-state index is 10.9. The largest absolute Gasteiger partial charge is 0.482 e. The minimum atomic E-state index is -0.982. The molecule has 0 radical (unpaired) electrons. The fourth-order valence-electron chi connectivity index (χ4n) is 5.48. The normalized spacial score (nSPS) is 11.1. The van der Waals surface area contributed by atoms with Crippen molar-refractivity contribution in [3.05, 3.63) is 149 Å². The molecule has 46 heavy (non-hydrogen) atoms. The van der Waals surface area contributed by atoms with Crippen molar-refractivity contribution in [1.29, 1.82) is 0 Å². The smallest absolute Gasteiger partial charge is 0.341 e. The van der Waals surface area contributed by atoms with Crippen LogP contribution < -0.4 is 4.74 Å². The predicted octanol–water partition coefficient (Wildman–Crippen LogP) is 11.3. The molecule has 0 saturated heterocycles. The van der Waals surface area contributed by atoms with Gasteiger partial charge in [0.15, 0.2) is 6.61 Å². The number of carboxylic acids is 1. The van der Waals surface area contributed by atoms with Gasteiger partial charge >= 0.3 is 5.97 Å². The molecular formula is C42H42O3S. The summed E-state index contributed by atoms with van der Waals surface area (Å²) in [4.78, 5) is 12.0. The lowest BCUT2D eigenvalue weighted by Crippen LogP contribution is -2.09. The summed E-state index contributed by atoms with van der Waals surface area (Å²) in [7, 11) is 0. The van der Waals surface area contributed by atoms with E-state index < -0.39 is 5.97 Å². The molecule has 3 nitrogen and oxygen atoms in total. The highest BCUT2D eigenvalue weighted by Crippen LogP contribution is 2.32. The highest BCUT2D eigenvalue weighted by molar-refractivity contribution is 7.99.